The number of rotatable bonds is 6. The molecular weight excluding hydrogens is 316 g/mol. The molecule has 134 valence electrons. The fraction of sp³-hybridized carbons (Fsp3) is 0.400. The molecule has 0 aromatic heterocycles. The number of para-hydroxylation sites is 2. The van der Waals surface area contributed by atoms with E-state index in [4.69, 9.17) is 9.47 Å². The van der Waals surface area contributed by atoms with Crippen LogP contribution in [0, 0.1) is 0 Å². The monoisotopic (exact) mass is 343 g/mol. The molecule has 0 radical (unpaired) electrons. The van der Waals surface area contributed by atoms with Crippen LogP contribution in [0.3, 0.4) is 0 Å². The van der Waals surface area contributed by atoms with Crippen molar-refractivity contribution >= 4 is 5.69 Å². The minimum atomic E-state index is 0.210. The van der Waals surface area contributed by atoms with Gasteiger partial charge in [0, 0.05) is 5.56 Å². The van der Waals surface area contributed by atoms with E-state index in [1.54, 1.807) is 18.1 Å². The number of phenols is 1. The van der Waals surface area contributed by atoms with Gasteiger partial charge in [-0.05, 0) is 37.3 Å². The summed E-state index contributed by atoms with van der Waals surface area (Å²) in [6.07, 6.45) is 0. The number of hydrogen-bond acceptors (Lipinski definition) is 4. The molecule has 0 unspecified atom stereocenters. The number of aromatic hydroxyl groups is 1. The van der Waals surface area contributed by atoms with Crippen LogP contribution < -0.4 is 19.3 Å². The molecule has 0 atom stereocenters. The number of benzene rings is 2. The van der Waals surface area contributed by atoms with Gasteiger partial charge in [-0.1, -0.05) is 12.1 Å². The average molecular weight is 343 g/mol. The third-order valence-corrected chi connectivity index (χ3v) is 4.67. The predicted octanol–water partition coefficient (Wildman–Crippen LogP) is 1.70. The van der Waals surface area contributed by atoms with Crippen LogP contribution in [0.5, 0.6) is 17.2 Å². The molecule has 1 saturated heterocycles. The zero-order valence-corrected chi connectivity index (χ0v) is 15.0. The molecule has 5 heteroatoms. The number of nitrogens with one attached hydrogen (secondary N) is 1. The van der Waals surface area contributed by atoms with E-state index in [1.165, 1.54) is 11.3 Å². The van der Waals surface area contributed by atoms with Crippen LogP contribution in [0.2, 0.25) is 0 Å². The summed E-state index contributed by atoms with van der Waals surface area (Å²) in [4.78, 5) is 3.93. The second kappa shape index (κ2) is 8.12. The Balaban J connectivity index is 1.60. The Morgan fingerprint density at radius 3 is 2.56 bits per heavy atom. The predicted molar refractivity (Wildman–Crippen MR) is 98.9 cm³/mol. The number of anilines is 1. The molecule has 0 bridgehead atoms. The first-order chi connectivity index (χ1) is 12.2. The second-order valence-electron chi connectivity index (χ2n) is 6.32. The maximum absolute atomic E-state index is 9.83. The Morgan fingerprint density at radius 1 is 1.08 bits per heavy atom. The maximum atomic E-state index is 9.83. The molecule has 1 aliphatic rings. The Hall–Kier alpha value is -2.40. The summed E-state index contributed by atoms with van der Waals surface area (Å²) in [6.45, 7) is 7.58. The molecule has 25 heavy (non-hydrogen) atoms. The molecule has 2 aromatic rings. The van der Waals surface area contributed by atoms with Crippen LogP contribution in [-0.4, -0.2) is 45.0 Å². The standard InChI is InChI=1S/C20H26N2O3/c1-3-25-20-14-16(8-9-18(20)23)15-21-10-12-22(13-11-21)17-6-4-5-7-19(17)24-2/h4-9,14,23H,3,10-13,15H2,1-2H3/p+1. The van der Waals surface area contributed by atoms with Crippen molar-refractivity contribution in [3.8, 4) is 17.2 Å². The van der Waals surface area contributed by atoms with Gasteiger partial charge < -0.3 is 24.4 Å². The zero-order valence-electron chi connectivity index (χ0n) is 15.0. The molecule has 0 saturated carbocycles. The Labute approximate surface area is 149 Å². The van der Waals surface area contributed by atoms with E-state index >= 15 is 0 Å². The molecule has 1 aliphatic heterocycles. The highest BCUT2D eigenvalue weighted by Crippen LogP contribution is 2.28. The number of quaternary nitrogens is 1. The molecule has 0 aliphatic carbocycles. The van der Waals surface area contributed by atoms with Gasteiger partial charge in [0.2, 0.25) is 0 Å². The van der Waals surface area contributed by atoms with Gasteiger partial charge >= 0.3 is 0 Å². The van der Waals surface area contributed by atoms with Gasteiger partial charge in [-0.2, -0.15) is 0 Å². The molecule has 1 fully saturated rings. The zero-order chi connectivity index (χ0) is 17.6. The van der Waals surface area contributed by atoms with Gasteiger partial charge in [-0.3, -0.25) is 0 Å². The molecule has 0 spiro atoms. The average Bonchev–Trinajstić information content (AvgIpc) is 2.65. The molecule has 3 rings (SSSR count). The van der Waals surface area contributed by atoms with Gasteiger partial charge in [0.15, 0.2) is 11.5 Å². The smallest absolute Gasteiger partial charge is 0.161 e. The minimum absolute atomic E-state index is 0.210. The fourth-order valence-corrected chi connectivity index (χ4v) is 3.36. The number of ether oxygens (including phenoxy) is 2. The lowest BCUT2D eigenvalue weighted by molar-refractivity contribution is -0.914. The highest BCUT2D eigenvalue weighted by Gasteiger charge is 2.22. The molecule has 2 aromatic carbocycles. The van der Waals surface area contributed by atoms with E-state index in [1.807, 2.05) is 31.2 Å². The van der Waals surface area contributed by atoms with E-state index in [0.29, 0.717) is 12.4 Å². The van der Waals surface area contributed by atoms with E-state index in [2.05, 4.69) is 17.0 Å². The van der Waals surface area contributed by atoms with Crippen molar-refractivity contribution in [2.45, 2.75) is 13.5 Å². The summed E-state index contributed by atoms with van der Waals surface area (Å²) in [5, 5.41) is 9.83. The summed E-state index contributed by atoms with van der Waals surface area (Å²) in [5.74, 6) is 1.72. The van der Waals surface area contributed by atoms with Gasteiger partial charge in [-0.25, -0.2) is 0 Å². The quantitative estimate of drug-likeness (QED) is 0.838. The van der Waals surface area contributed by atoms with Crippen LogP contribution in [-0.2, 0) is 6.54 Å². The summed E-state index contributed by atoms with van der Waals surface area (Å²) in [7, 11) is 1.72. The van der Waals surface area contributed by atoms with E-state index in [-0.39, 0.29) is 5.75 Å². The van der Waals surface area contributed by atoms with Crippen LogP contribution in [0.15, 0.2) is 42.5 Å². The third kappa shape index (κ3) is 4.17. The van der Waals surface area contributed by atoms with Crippen molar-refractivity contribution in [3.05, 3.63) is 48.0 Å². The highest BCUT2D eigenvalue weighted by atomic mass is 16.5. The number of methoxy groups -OCH3 is 1. The fourth-order valence-electron chi connectivity index (χ4n) is 3.36. The Bertz CT molecular complexity index is 697. The van der Waals surface area contributed by atoms with Crippen molar-refractivity contribution in [1.82, 2.24) is 0 Å². The summed E-state index contributed by atoms with van der Waals surface area (Å²) in [5.41, 5.74) is 2.37. The lowest BCUT2D eigenvalue weighted by Crippen LogP contribution is -3.13. The van der Waals surface area contributed by atoms with E-state index in [9.17, 15) is 5.11 Å². The first-order valence-corrected chi connectivity index (χ1v) is 8.87. The molecule has 0 amide bonds. The van der Waals surface area contributed by atoms with Gasteiger partial charge in [0.25, 0.3) is 0 Å². The first kappa shape index (κ1) is 17.4. The summed E-state index contributed by atoms with van der Waals surface area (Å²) < 4.78 is 11.0. The van der Waals surface area contributed by atoms with Gasteiger partial charge in [-0.15, -0.1) is 0 Å². The molecule has 2 N–H and O–H groups in total. The Kier molecular flexibility index (Phi) is 5.66. The van der Waals surface area contributed by atoms with E-state index in [0.717, 1.165) is 38.5 Å². The molecule has 1 heterocycles. The summed E-state index contributed by atoms with van der Waals surface area (Å²) >= 11 is 0. The lowest BCUT2D eigenvalue weighted by Gasteiger charge is -2.34. The van der Waals surface area contributed by atoms with Crippen LogP contribution in [0.25, 0.3) is 0 Å². The van der Waals surface area contributed by atoms with Crippen molar-refractivity contribution in [3.63, 3.8) is 0 Å². The van der Waals surface area contributed by atoms with Crippen molar-refractivity contribution < 1.29 is 19.5 Å². The molecular formula is C20H27N2O3+. The van der Waals surface area contributed by atoms with Gasteiger partial charge in [0.1, 0.15) is 12.3 Å². The number of hydrogen-bond donors (Lipinski definition) is 2. The summed E-state index contributed by atoms with van der Waals surface area (Å²) in [6, 6.07) is 13.9. The SMILES string of the molecule is CCOc1cc(C[NH+]2CCN(c3ccccc3OC)CC2)ccc1O. The van der Waals surface area contributed by atoms with Gasteiger partial charge in [0.05, 0.1) is 45.6 Å². The second-order valence-corrected chi connectivity index (χ2v) is 6.32. The highest BCUT2D eigenvalue weighted by molar-refractivity contribution is 5.58. The largest absolute Gasteiger partial charge is 0.504 e. The van der Waals surface area contributed by atoms with Crippen LogP contribution >= 0.6 is 0 Å². The van der Waals surface area contributed by atoms with Crippen LogP contribution in [0.1, 0.15) is 12.5 Å². The number of phenolic OH excluding ortho intramolecular Hbond substituents is 1. The van der Waals surface area contributed by atoms with Crippen molar-refractivity contribution in [1.29, 1.82) is 0 Å². The third-order valence-electron chi connectivity index (χ3n) is 4.67. The lowest BCUT2D eigenvalue weighted by atomic mass is 10.1. The normalized spacial score (nSPS) is 15.2. The molecule has 5 nitrogen and oxygen atoms in total. The number of nitrogens with zero attached hydrogens (tertiary/aromatic N) is 1. The maximum Gasteiger partial charge on any atom is 0.161 e. The Morgan fingerprint density at radius 2 is 1.84 bits per heavy atom. The van der Waals surface area contributed by atoms with E-state index < -0.39 is 0 Å². The van der Waals surface area contributed by atoms with Crippen molar-refractivity contribution in [2.24, 2.45) is 0 Å². The minimum Gasteiger partial charge on any atom is -0.504 e. The van der Waals surface area contributed by atoms with Crippen molar-refractivity contribution in [2.75, 3.05) is 44.8 Å². The topological polar surface area (TPSA) is 46.4 Å². The first-order valence-electron chi connectivity index (χ1n) is 8.87. The van der Waals surface area contributed by atoms with Crippen LogP contribution in [0.4, 0.5) is 5.69 Å². The number of piperazine rings is 1.